The van der Waals surface area contributed by atoms with Crippen LogP contribution in [0, 0.1) is 17.7 Å². The van der Waals surface area contributed by atoms with Gasteiger partial charge in [-0.05, 0) is 62.2 Å². The average Bonchev–Trinajstić information content (AvgIpc) is 3.09. The highest BCUT2D eigenvalue weighted by atomic mass is 19.4. The van der Waals surface area contributed by atoms with Gasteiger partial charge in [0.2, 0.25) is 0 Å². The summed E-state index contributed by atoms with van der Waals surface area (Å²) in [5.74, 6) is -3.78. The molecule has 1 saturated heterocycles. The van der Waals surface area contributed by atoms with E-state index in [1.54, 1.807) is 6.07 Å². The zero-order valence-corrected chi connectivity index (χ0v) is 16.5. The number of halogens is 4. The van der Waals surface area contributed by atoms with Crippen molar-refractivity contribution in [3.8, 4) is 5.75 Å². The molecule has 30 heavy (non-hydrogen) atoms. The molecule has 0 radical (unpaired) electrons. The summed E-state index contributed by atoms with van der Waals surface area (Å²) < 4.78 is 60.4. The van der Waals surface area contributed by atoms with Gasteiger partial charge in [0.25, 0.3) is 5.91 Å². The van der Waals surface area contributed by atoms with Gasteiger partial charge >= 0.3 is 6.18 Å². The first-order valence-electron chi connectivity index (χ1n) is 9.81. The number of benzene rings is 1. The van der Waals surface area contributed by atoms with Gasteiger partial charge in [0.05, 0.1) is 18.5 Å². The van der Waals surface area contributed by atoms with Gasteiger partial charge in [-0.1, -0.05) is 0 Å². The largest absolute Gasteiger partial charge is 0.490 e. The number of piperidine rings is 1. The van der Waals surface area contributed by atoms with Crippen LogP contribution in [-0.4, -0.2) is 48.6 Å². The summed E-state index contributed by atoms with van der Waals surface area (Å²) in [6, 6.07) is 2.85. The molecule has 0 spiro atoms. The number of carbonyl (C=O) groups excluding carboxylic acids is 1. The monoisotopic (exact) mass is 426 g/mol. The number of likely N-dealkylation sites (tertiary alicyclic amines) is 1. The fourth-order valence-corrected chi connectivity index (χ4v) is 4.10. The van der Waals surface area contributed by atoms with Crippen molar-refractivity contribution in [2.45, 2.75) is 32.1 Å². The lowest BCUT2D eigenvalue weighted by molar-refractivity contribution is -0.177. The summed E-state index contributed by atoms with van der Waals surface area (Å²) in [4.78, 5) is 15.3. The number of hydrogen-bond acceptors (Lipinski definition) is 5. The van der Waals surface area contributed by atoms with Crippen molar-refractivity contribution in [3.05, 3.63) is 41.0 Å². The number of carbonyl (C=O) groups is 1. The summed E-state index contributed by atoms with van der Waals surface area (Å²) in [5, 5.41) is 6.43. The molecule has 1 unspecified atom stereocenters. The molecular weight excluding hydrogens is 404 g/mol. The van der Waals surface area contributed by atoms with Crippen molar-refractivity contribution in [3.63, 3.8) is 0 Å². The van der Waals surface area contributed by atoms with Gasteiger partial charge < -0.3 is 14.5 Å². The Morgan fingerprint density at radius 1 is 1.17 bits per heavy atom. The van der Waals surface area contributed by atoms with Gasteiger partial charge in [0.15, 0.2) is 17.5 Å². The summed E-state index contributed by atoms with van der Waals surface area (Å²) in [6.07, 6.45) is -1.86. The molecule has 0 aromatic heterocycles. The van der Waals surface area contributed by atoms with Crippen LogP contribution in [0.25, 0.3) is 0 Å². The third kappa shape index (κ3) is 4.19. The van der Waals surface area contributed by atoms with Crippen molar-refractivity contribution in [2.24, 2.45) is 22.1 Å². The molecule has 3 aliphatic rings. The summed E-state index contributed by atoms with van der Waals surface area (Å²) in [6.45, 7) is 2.52. The third-order valence-corrected chi connectivity index (χ3v) is 5.87. The van der Waals surface area contributed by atoms with Crippen LogP contribution >= 0.6 is 0 Å². The van der Waals surface area contributed by atoms with Crippen LogP contribution in [0.2, 0.25) is 0 Å². The highest BCUT2D eigenvalue weighted by Gasteiger charge is 2.50. The fraction of sp³-hybridized carbons (Fsp3) is 0.550. The Hall–Kier alpha value is -2.49. The number of nitrogens with zero attached hydrogens (tertiary/aromatic N) is 4. The van der Waals surface area contributed by atoms with Crippen molar-refractivity contribution in [1.82, 2.24) is 9.80 Å². The SMILES string of the molecule is CN1CCC(COc2cc3c(cc2F)CN(C2=CN=NC(=O)C2C(F)(F)F)C3)CC1. The Labute approximate surface area is 171 Å². The normalized spacial score (nSPS) is 23.0. The molecule has 0 aliphatic carbocycles. The second-order valence-corrected chi connectivity index (χ2v) is 8.05. The van der Waals surface area contributed by atoms with E-state index in [-0.39, 0.29) is 24.5 Å². The minimum Gasteiger partial charge on any atom is -0.490 e. The van der Waals surface area contributed by atoms with Crippen LogP contribution in [0.3, 0.4) is 0 Å². The molecule has 1 amide bonds. The predicted octanol–water partition coefficient (Wildman–Crippen LogP) is 3.87. The van der Waals surface area contributed by atoms with E-state index in [4.69, 9.17) is 4.74 Å². The Morgan fingerprint density at radius 3 is 2.50 bits per heavy atom. The van der Waals surface area contributed by atoms with Crippen LogP contribution < -0.4 is 4.74 Å². The van der Waals surface area contributed by atoms with Crippen molar-refractivity contribution in [2.75, 3.05) is 26.7 Å². The minimum atomic E-state index is -4.77. The highest BCUT2D eigenvalue weighted by Crippen LogP contribution is 2.40. The number of azo groups is 1. The molecular formula is C20H22F4N4O2. The zero-order valence-electron chi connectivity index (χ0n) is 16.5. The molecule has 1 aromatic carbocycles. The lowest BCUT2D eigenvalue weighted by Crippen LogP contribution is -2.38. The number of hydrogen-bond donors (Lipinski definition) is 0. The minimum absolute atomic E-state index is 0.0582. The predicted molar refractivity (Wildman–Crippen MR) is 98.9 cm³/mol. The standard InChI is InChI=1S/C20H22F4N4O2/c1-27-4-2-12(3-5-27)11-30-17-7-14-10-28(9-13(14)6-15(17)21)16-8-25-26-19(29)18(16)20(22,23)24/h6-8,12,18H,2-5,9-11H2,1H3. The summed E-state index contributed by atoms with van der Waals surface area (Å²) in [5.41, 5.74) is 0.968. The van der Waals surface area contributed by atoms with E-state index in [1.807, 2.05) is 0 Å². The first kappa shape index (κ1) is 20.8. The quantitative estimate of drug-likeness (QED) is 0.686. The molecule has 3 aliphatic heterocycles. The van der Waals surface area contributed by atoms with Gasteiger partial charge in [-0.2, -0.15) is 18.3 Å². The Morgan fingerprint density at radius 2 is 1.83 bits per heavy atom. The Kier molecular flexibility index (Phi) is 5.52. The lowest BCUT2D eigenvalue weighted by Gasteiger charge is -2.29. The highest BCUT2D eigenvalue weighted by molar-refractivity contribution is 5.83. The fourth-order valence-electron chi connectivity index (χ4n) is 4.10. The van der Waals surface area contributed by atoms with Gasteiger partial charge in [-0.3, -0.25) is 4.79 Å². The lowest BCUT2D eigenvalue weighted by atomic mass is 9.98. The van der Waals surface area contributed by atoms with E-state index in [0.717, 1.165) is 32.1 Å². The molecule has 0 N–H and O–H groups in total. The maximum absolute atomic E-state index is 14.5. The van der Waals surface area contributed by atoms with E-state index >= 15 is 0 Å². The van der Waals surface area contributed by atoms with Crippen LogP contribution in [0.1, 0.15) is 24.0 Å². The maximum atomic E-state index is 14.5. The Bertz CT molecular complexity index is 892. The molecule has 10 heteroatoms. The smallest absolute Gasteiger partial charge is 0.406 e. The van der Waals surface area contributed by atoms with Crippen molar-refractivity contribution in [1.29, 1.82) is 0 Å². The topological polar surface area (TPSA) is 57.5 Å². The van der Waals surface area contributed by atoms with Crippen molar-refractivity contribution < 1.29 is 27.1 Å². The van der Waals surface area contributed by atoms with E-state index < -0.39 is 23.8 Å². The van der Waals surface area contributed by atoms with Crippen molar-refractivity contribution >= 4 is 5.91 Å². The molecule has 1 fully saturated rings. The summed E-state index contributed by atoms with van der Waals surface area (Å²) >= 11 is 0. The average molecular weight is 426 g/mol. The first-order valence-corrected chi connectivity index (χ1v) is 9.81. The Balaban J connectivity index is 1.47. The number of fused-ring (bicyclic) bond motifs is 1. The second kappa shape index (κ2) is 7.98. The molecule has 0 saturated carbocycles. The zero-order chi connectivity index (χ0) is 21.5. The molecule has 162 valence electrons. The molecule has 1 aromatic rings. The first-order chi connectivity index (χ1) is 14.2. The number of ether oxygens (including phenoxy) is 1. The van der Waals surface area contributed by atoms with Gasteiger partial charge in [0.1, 0.15) is 0 Å². The number of alkyl halides is 3. The molecule has 0 bridgehead atoms. The van der Waals surface area contributed by atoms with Crippen LogP contribution in [0.15, 0.2) is 34.3 Å². The van der Waals surface area contributed by atoms with Crippen LogP contribution in [0.5, 0.6) is 5.75 Å². The molecule has 3 heterocycles. The second-order valence-electron chi connectivity index (χ2n) is 8.05. The summed E-state index contributed by atoms with van der Waals surface area (Å²) in [7, 11) is 2.06. The van der Waals surface area contributed by atoms with E-state index in [1.165, 1.54) is 11.0 Å². The molecule has 1 atom stereocenters. The number of amides is 1. The van der Waals surface area contributed by atoms with Crippen LogP contribution in [0.4, 0.5) is 17.6 Å². The van der Waals surface area contributed by atoms with E-state index in [0.29, 0.717) is 23.7 Å². The van der Waals surface area contributed by atoms with Gasteiger partial charge in [-0.15, -0.1) is 5.11 Å². The maximum Gasteiger partial charge on any atom is 0.406 e. The van der Waals surface area contributed by atoms with Gasteiger partial charge in [0, 0.05) is 13.1 Å². The molecule has 4 rings (SSSR count). The molecule has 6 nitrogen and oxygen atoms in total. The number of rotatable bonds is 4. The van der Waals surface area contributed by atoms with E-state index in [9.17, 15) is 22.4 Å². The van der Waals surface area contributed by atoms with E-state index in [2.05, 4.69) is 22.2 Å². The third-order valence-electron chi connectivity index (χ3n) is 5.87. The van der Waals surface area contributed by atoms with Gasteiger partial charge in [-0.25, -0.2) is 4.39 Å². The van der Waals surface area contributed by atoms with Crippen LogP contribution in [-0.2, 0) is 17.9 Å².